The van der Waals surface area contributed by atoms with Crippen LogP contribution in [0.25, 0.3) is 0 Å². The fourth-order valence-corrected chi connectivity index (χ4v) is 3.22. The maximum Gasteiger partial charge on any atom is 0.490 e. The predicted molar refractivity (Wildman–Crippen MR) is 102 cm³/mol. The molecular weight excluding hydrogens is 480 g/mol. The normalized spacial score (nSPS) is 19.5. The number of rotatable bonds is 8. The van der Waals surface area contributed by atoms with E-state index in [1.54, 1.807) is 24.3 Å². The lowest BCUT2D eigenvalue weighted by Crippen LogP contribution is -2.49. The molecule has 1 aromatic carbocycles. The van der Waals surface area contributed by atoms with Crippen LogP contribution in [0, 0.1) is 5.92 Å². The third-order valence-electron chi connectivity index (χ3n) is 4.91. The Labute approximate surface area is 189 Å². The van der Waals surface area contributed by atoms with Crippen molar-refractivity contribution in [3.05, 3.63) is 24.3 Å². The van der Waals surface area contributed by atoms with Crippen LogP contribution in [-0.2, 0) is 9.59 Å². The number of hydrogen-bond acceptors (Lipinski definition) is 7. The van der Waals surface area contributed by atoms with Gasteiger partial charge in [0.2, 0.25) is 0 Å². The van der Waals surface area contributed by atoms with E-state index >= 15 is 0 Å². The first-order valence-corrected chi connectivity index (χ1v) is 9.85. The molecule has 0 amide bonds. The second-order valence-corrected chi connectivity index (χ2v) is 7.37. The number of benzene rings is 1. The summed E-state index contributed by atoms with van der Waals surface area (Å²) in [6.07, 6.45) is -8.38. The van der Waals surface area contributed by atoms with Crippen LogP contribution in [0.15, 0.2) is 34.5 Å². The molecular formula is C19H21F6N3O6. The van der Waals surface area contributed by atoms with Crippen LogP contribution in [0.1, 0.15) is 12.8 Å². The molecule has 0 radical (unpaired) electrons. The van der Waals surface area contributed by atoms with Crippen LogP contribution >= 0.6 is 0 Å². The Kier molecular flexibility index (Phi) is 8.69. The lowest BCUT2D eigenvalue weighted by atomic mass is 9.87. The van der Waals surface area contributed by atoms with Gasteiger partial charge < -0.3 is 19.7 Å². The number of likely N-dealkylation sites (tertiary alicyclic amines) is 1. The lowest BCUT2D eigenvalue weighted by molar-refractivity contribution is -0.192. The fraction of sp³-hybridized carbons (Fsp3) is 0.579. The molecule has 2 heterocycles. The minimum absolute atomic E-state index is 0.290. The standard InChI is InChI=1S/C17H20F3N3O4.C2HF3O2/c18-17(19,20)16(21-22-16)12-2-1-7-23(10-12)8-9-26-13-3-5-14(6-4-13)27-11-15(24)25;3-2(4,5)1(6)7/h3-6,12H,1-2,7-11H2,(H,24,25);(H,6,7). The highest BCUT2D eigenvalue weighted by molar-refractivity contribution is 5.73. The topological polar surface area (TPSA) is 121 Å². The van der Waals surface area contributed by atoms with E-state index in [0.717, 1.165) is 6.54 Å². The van der Waals surface area contributed by atoms with E-state index in [4.69, 9.17) is 24.5 Å². The van der Waals surface area contributed by atoms with Crippen molar-refractivity contribution in [3.8, 4) is 11.5 Å². The van der Waals surface area contributed by atoms with Crippen LogP contribution in [0.5, 0.6) is 11.5 Å². The highest BCUT2D eigenvalue weighted by atomic mass is 19.4. The van der Waals surface area contributed by atoms with Crippen molar-refractivity contribution < 1.29 is 55.6 Å². The summed E-state index contributed by atoms with van der Waals surface area (Å²) >= 11 is 0. The van der Waals surface area contributed by atoms with Crippen molar-refractivity contribution in [1.29, 1.82) is 0 Å². The second kappa shape index (κ2) is 10.9. The first kappa shape index (κ1) is 27.1. The van der Waals surface area contributed by atoms with Crippen LogP contribution < -0.4 is 9.47 Å². The molecule has 1 saturated heterocycles. The maximum absolute atomic E-state index is 13.1. The molecule has 1 atom stereocenters. The Morgan fingerprint density at radius 3 is 2.00 bits per heavy atom. The van der Waals surface area contributed by atoms with Gasteiger partial charge in [-0.1, -0.05) is 0 Å². The summed E-state index contributed by atoms with van der Waals surface area (Å²) < 4.78 is 81.8. The van der Waals surface area contributed by atoms with Crippen LogP contribution in [0.2, 0.25) is 0 Å². The molecule has 0 aromatic heterocycles. The molecule has 1 aromatic rings. The Bertz CT molecular complexity index is 869. The van der Waals surface area contributed by atoms with E-state index in [1.165, 1.54) is 0 Å². The molecule has 15 heteroatoms. The van der Waals surface area contributed by atoms with Gasteiger partial charge in [0.15, 0.2) is 6.61 Å². The third kappa shape index (κ3) is 7.74. The second-order valence-electron chi connectivity index (χ2n) is 7.37. The summed E-state index contributed by atoms with van der Waals surface area (Å²) in [4.78, 5) is 21.3. The fourth-order valence-electron chi connectivity index (χ4n) is 3.22. The third-order valence-corrected chi connectivity index (χ3v) is 4.91. The number of carboxylic acids is 2. The van der Waals surface area contributed by atoms with Crippen molar-refractivity contribution >= 4 is 11.9 Å². The first-order valence-electron chi connectivity index (χ1n) is 9.85. The van der Waals surface area contributed by atoms with Gasteiger partial charge in [-0.15, -0.1) is 10.2 Å². The Morgan fingerprint density at radius 1 is 1.03 bits per heavy atom. The number of piperidine rings is 1. The zero-order valence-corrected chi connectivity index (χ0v) is 17.5. The largest absolute Gasteiger partial charge is 0.492 e. The Hall–Kier alpha value is -3.10. The van der Waals surface area contributed by atoms with Gasteiger partial charge in [-0.3, -0.25) is 4.90 Å². The molecule has 9 nitrogen and oxygen atoms in total. The van der Waals surface area contributed by atoms with Gasteiger partial charge in [-0.25, -0.2) is 9.59 Å². The molecule has 0 spiro atoms. The number of carboxylic acid groups (broad SMARTS) is 2. The first-order chi connectivity index (χ1) is 15.7. The molecule has 3 rings (SSSR count). The van der Waals surface area contributed by atoms with Gasteiger partial charge in [0.05, 0.1) is 0 Å². The van der Waals surface area contributed by atoms with E-state index in [2.05, 4.69) is 10.2 Å². The summed E-state index contributed by atoms with van der Waals surface area (Å²) in [6.45, 7) is 1.42. The van der Waals surface area contributed by atoms with Gasteiger partial charge in [-0.2, -0.15) is 26.3 Å². The summed E-state index contributed by atoms with van der Waals surface area (Å²) in [6, 6.07) is 6.49. The number of aliphatic carboxylic acids is 2. The zero-order chi connectivity index (χ0) is 25.6. The summed E-state index contributed by atoms with van der Waals surface area (Å²) in [5.74, 6) is -3.47. The SMILES string of the molecule is O=C(O)C(F)(F)F.O=C(O)COc1ccc(OCCN2CCCC(C3(C(F)(F)F)N=N3)C2)cc1. The van der Waals surface area contributed by atoms with E-state index in [9.17, 15) is 31.1 Å². The number of alkyl halides is 6. The van der Waals surface area contributed by atoms with Gasteiger partial charge in [-0.05, 0) is 43.7 Å². The molecule has 190 valence electrons. The monoisotopic (exact) mass is 501 g/mol. The molecule has 2 aliphatic rings. The average Bonchev–Trinajstić information content (AvgIpc) is 3.55. The average molecular weight is 501 g/mol. The molecule has 0 aliphatic carbocycles. The van der Waals surface area contributed by atoms with Crippen LogP contribution in [0.4, 0.5) is 26.3 Å². The molecule has 34 heavy (non-hydrogen) atoms. The summed E-state index contributed by atoms with van der Waals surface area (Å²) in [5.41, 5.74) is -2.20. The Balaban J connectivity index is 0.000000509. The highest BCUT2D eigenvalue weighted by Crippen LogP contribution is 2.51. The van der Waals surface area contributed by atoms with E-state index in [1.807, 2.05) is 4.90 Å². The smallest absolute Gasteiger partial charge is 0.490 e. The van der Waals surface area contributed by atoms with Crippen molar-refractivity contribution in [2.45, 2.75) is 30.9 Å². The number of hydrogen-bond donors (Lipinski definition) is 2. The number of ether oxygens (including phenoxy) is 2. The zero-order valence-electron chi connectivity index (χ0n) is 17.5. The van der Waals surface area contributed by atoms with Crippen molar-refractivity contribution in [3.63, 3.8) is 0 Å². The lowest BCUT2D eigenvalue weighted by Gasteiger charge is -2.35. The molecule has 0 saturated carbocycles. The maximum atomic E-state index is 13.1. The summed E-state index contributed by atoms with van der Waals surface area (Å²) in [7, 11) is 0. The Morgan fingerprint density at radius 2 is 1.56 bits per heavy atom. The van der Waals surface area contributed by atoms with Crippen molar-refractivity contribution in [2.24, 2.45) is 16.1 Å². The van der Waals surface area contributed by atoms with Gasteiger partial charge in [0, 0.05) is 19.0 Å². The minimum atomic E-state index is -5.08. The van der Waals surface area contributed by atoms with Crippen molar-refractivity contribution in [1.82, 2.24) is 4.90 Å². The molecule has 1 fully saturated rings. The number of nitrogens with zero attached hydrogens (tertiary/aromatic N) is 3. The van der Waals surface area contributed by atoms with Gasteiger partial charge in [0.25, 0.3) is 5.66 Å². The van der Waals surface area contributed by atoms with E-state index < -0.39 is 42.5 Å². The van der Waals surface area contributed by atoms with Gasteiger partial charge >= 0.3 is 24.3 Å². The number of halogens is 6. The predicted octanol–water partition coefficient (Wildman–Crippen LogP) is 3.60. The quantitative estimate of drug-likeness (QED) is 0.522. The van der Waals surface area contributed by atoms with Gasteiger partial charge in [0.1, 0.15) is 18.1 Å². The van der Waals surface area contributed by atoms with Crippen molar-refractivity contribution in [2.75, 3.05) is 32.8 Å². The molecule has 2 aliphatic heterocycles. The number of carbonyl (C=O) groups is 2. The molecule has 0 bridgehead atoms. The molecule has 1 unspecified atom stereocenters. The van der Waals surface area contributed by atoms with Crippen LogP contribution in [-0.4, -0.2) is 77.9 Å². The highest BCUT2D eigenvalue weighted by Gasteiger charge is 2.68. The summed E-state index contributed by atoms with van der Waals surface area (Å²) in [5, 5.41) is 22.3. The van der Waals surface area contributed by atoms with Crippen LogP contribution in [0.3, 0.4) is 0 Å². The van der Waals surface area contributed by atoms with E-state index in [0.29, 0.717) is 37.5 Å². The van der Waals surface area contributed by atoms with E-state index in [-0.39, 0.29) is 6.54 Å². The molecule has 2 N–H and O–H groups in total. The minimum Gasteiger partial charge on any atom is -0.492 e.